The number of piperidine rings is 1. The molecular weight excluding hydrogens is 426 g/mol. The van der Waals surface area contributed by atoms with E-state index in [2.05, 4.69) is 44.6 Å². The van der Waals surface area contributed by atoms with Crippen molar-refractivity contribution in [1.29, 1.82) is 0 Å². The molecule has 4 heterocycles. The molecule has 2 N–H and O–H groups in total. The van der Waals surface area contributed by atoms with Crippen molar-refractivity contribution in [3.63, 3.8) is 0 Å². The second-order valence-electron chi connectivity index (χ2n) is 9.28. The van der Waals surface area contributed by atoms with E-state index < -0.39 is 0 Å². The molecule has 0 saturated carbocycles. The first-order valence-corrected chi connectivity index (χ1v) is 11.9. The predicted molar refractivity (Wildman–Crippen MR) is 133 cm³/mol. The van der Waals surface area contributed by atoms with Crippen molar-refractivity contribution in [1.82, 2.24) is 14.6 Å². The Labute approximate surface area is 198 Å². The van der Waals surface area contributed by atoms with Crippen molar-refractivity contribution >= 4 is 28.5 Å². The number of carbonyl (C=O) groups is 1. The van der Waals surface area contributed by atoms with Gasteiger partial charge in [-0.15, -0.1) is 0 Å². The summed E-state index contributed by atoms with van der Waals surface area (Å²) >= 11 is 0. The Balaban J connectivity index is 1.31. The van der Waals surface area contributed by atoms with Crippen LogP contribution < -0.4 is 10.2 Å². The SMILES string of the molecule is Cc1ccc2c(-c3cnc(Nc4ccc(N5CCC(O)CC5)cc4)c4c3CCC4=O)cnn2c1. The molecule has 172 valence electrons. The maximum Gasteiger partial charge on any atom is 0.167 e. The number of aliphatic hydroxyl groups is 1. The summed E-state index contributed by atoms with van der Waals surface area (Å²) in [5.74, 6) is 0.741. The van der Waals surface area contributed by atoms with Gasteiger partial charge in [0.1, 0.15) is 5.82 Å². The number of fused-ring (bicyclic) bond motifs is 2. The van der Waals surface area contributed by atoms with Crippen molar-refractivity contribution in [3.8, 4) is 11.1 Å². The molecule has 1 aromatic carbocycles. The van der Waals surface area contributed by atoms with Gasteiger partial charge in [-0.2, -0.15) is 5.10 Å². The quantitative estimate of drug-likeness (QED) is 0.472. The minimum absolute atomic E-state index is 0.127. The van der Waals surface area contributed by atoms with Crippen LogP contribution in [-0.4, -0.2) is 44.7 Å². The Hall–Kier alpha value is -3.71. The van der Waals surface area contributed by atoms with Crippen molar-refractivity contribution in [2.45, 2.75) is 38.7 Å². The maximum absolute atomic E-state index is 12.9. The number of benzene rings is 1. The minimum Gasteiger partial charge on any atom is -0.393 e. The number of Topliss-reactive ketones (excluding diaryl/α,β-unsaturated/α-hetero) is 1. The monoisotopic (exact) mass is 453 g/mol. The maximum atomic E-state index is 12.9. The van der Waals surface area contributed by atoms with Crippen LogP contribution in [0, 0.1) is 6.92 Å². The molecule has 7 heteroatoms. The van der Waals surface area contributed by atoms with Crippen molar-refractivity contribution in [2.75, 3.05) is 23.3 Å². The Morgan fingerprint density at radius 2 is 1.79 bits per heavy atom. The molecule has 1 fully saturated rings. The number of anilines is 3. The lowest BCUT2D eigenvalue weighted by Crippen LogP contribution is -2.35. The zero-order valence-corrected chi connectivity index (χ0v) is 19.2. The first-order valence-electron chi connectivity index (χ1n) is 11.9. The van der Waals surface area contributed by atoms with E-state index in [0.29, 0.717) is 24.2 Å². The van der Waals surface area contributed by atoms with Crippen LogP contribution in [0.5, 0.6) is 0 Å². The fourth-order valence-corrected chi connectivity index (χ4v) is 5.11. The van der Waals surface area contributed by atoms with E-state index in [1.54, 1.807) is 0 Å². The summed E-state index contributed by atoms with van der Waals surface area (Å²) < 4.78 is 1.88. The molecule has 34 heavy (non-hydrogen) atoms. The Morgan fingerprint density at radius 3 is 2.59 bits per heavy atom. The third kappa shape index (κ3) is 3.62. The first kappa shape index (κ1) is 20.9. The number of aromatic nitrogens is 3. The predicted octanol–water partition coefficient (Wildman–Crippen LogP) is 4.54. The lowest BCUT2D eigenvalue weighted by atomic mass is 9.99. The van der Waals surface area contributed by atoms with Crippen LogP contribution in [0.3, 0.4) is 0 Å². The fraction of sp³-hybridized carbons (Fsp3) is 0.296. The summed E-state index contributed by atoms with van der Waals surface area (Å²) in [5.41, 5.74) is 7.91. The highest BCUT2D eigenvalue weighted by atomic mass is 16.3. The van der Waals surface area contributed by atoms with Crippen LogP contribution in [0.1, 0.15) is 40.7 Å². The number of ketones is 1. The average Bonchev–Trinajstić information content (AvgIpc) is 3.44. The van der Waals surface area contributed by atoms with Gasteiger partial charge in [0.2, 0.25) is 0 Å². The zero-order valence-electron chi connectivity index (χ0n) is 19.2. The standard InChI is InChI=1S/C27H27N5O2/c1-17-2-8-24-23(15-29-32(24)16-17)22-14-28-27(26-21(22)7-9-25(26)34)30-18-3-5-19(6-4-18)31-12-10-20(33)11-13-31/h2-6,8,14-16,20,33H,7,9-13H2,1H3,(H,28,30). The number of aryl methyl sites for hydroxylation is 1. The van der Waals surface area contributed by atoms with Crippen molar-refractivity contribution < 1.29 is 9.90 Å². The molecule has 3 aromatic heterocycles. The van der Waals surface area contributed by atoms with Crippen LogP contribution in [0.25, 0.3) is 16.6 Å². The molecule has 1 saturated heterocycles. The van der Waals surface area contributed by atoms with Gasteiger partial charge in [-0.05, 0) is 67.6 Å². The number of aliphatic hydroxyl groups excluding tert-OH is 1. The molecule has 1 aliphatic carbocycles. The topological polar surface area (TPSA) is 82.8 Å². The van der Waals surface area contributed by atoms with E-state index in [9.17, 15) is 9.90 Å². The Bertz CT molecular complexity index is 1380. The van der Waals surface area contributed by atoms with E-state index in [1.807, 2.05) is 42.2 Å². The Morgan fingerprint density at radius 1 is 1.00 bits per heavy atom. The Kier molecular flexibility index (Phi) is 5.07. The molecule has 0 amide bonds. The number of carbonyl (C=O) groups excluding carboxylic acids is 1. The minimum atomic E-state index is -0.185. The molecule has 7 nitrogen and oxygen atoms in total. The van der Waals surface area contributed by atoms with Gasteiger partial charge in [0.25, 0.3) is 0 Å². The van der Waals surface area contributed by atoms with Gasteiger partial charge >= 0.3 is 0 Å². The van der Waals surface area contributed by atoms with Crippen LogP contribution in [-0.2, 0) is 6.42 Å². The molecule has 0 bridgehead atoms. The molecule has 6 rings (SSSR count). The number of nitrogens with zero attached hydrogens (tertiary/aromatic N) is 4. The lowest BCUT2D eigenvalue weighted by Gasteiger charge is -2.31. The molecular formula is C27H27N5O2. The number of pyridine rings is 2. The van der Waals surface area contributed by atoms with Gasteiger partial charge in [0.05, 0.1) is 23.4 Å². The number of nitrogens with one attached hydrogen (secondary N) is 1. The molecule has 0 unspecified atom stereocenters. The molecule has 0 radical (unpaired) electrons. The van der Waals surface area contributed by atoms with Crippen LogP contribution in [0.15, 0.2) is 55.0 Å². The van der Waals surface area contributed by atoms with Gasteiger partial charge in [-0.25, -0.2) is 9.50 Å². The van der Waals surface area contributed by atoms with E-state index in [1.165, 1.54) is 0 Å². The summed E-state index contributed by atoms with van der Waals surface area (Å²) in [6.07, 6.45) is 8.36. The number of hydrogen-bond donors (Lipinski definition) is 2. The summed E-state index contributed by atoms with van der Waals surface area (Å²) in [5, 5.41) is 17.6. The molecule has 0 spiro atoms. The second kappa shape index (κ2) is 8.25. The fourth-order valence-electron chi connectivity index (χ4n) is 5.11. The third-order valence-electron chi connectivity index (χ3n) is 6.98. The smallest absolute Gasteiger partial charge is 0.167 e. The van der Waals surface area contributed by atoms with Crippen LogP contribution >= 0.6 is 0 Å². The van der Waals surface area contributed by atoms with Gasteiger partial charge in [0.15, 0.2) is 5.78 Å². The van der Waals surface area contributed by atoms with Crippen molar-refractivity contribution in [3.05, 3.63) is 71.7 Å². The van der Waals surface area contributed by atoms with E-state index >= 15 is 0 Å². The lowest BCUT2D eigenvalue weighted by molar-refractivity contribution is 0.0995. The molecule has 0 atom stereocenters. The highest BCUT2D eigenvalue weighted by molar-refractivity contribution is 6.07. The van der Waals surface area contributed by atoms with Crippen molar-refractivity contribution in [2.24, 2.45) is 0 Å². The second-order valence-corrected chi connectivity index (χ2v) is 9.28. The van der Waals surface area contributed by atoms with E-state index in [-0.39, 0.29) is 11.9 Å². The average molecular weight is 454 g/mol. The molecule has 2 aliphatic rings. The van der Waals surface area contributed by atoms with Gasteiger partial charge in [-0.1, -0.05) is 6.07 Å². The summed E-state index contributed by atoms with van der Waals surface area (Å²) in [7, 11) is 0. The highest BCUT2D eigenvalue weighted by Crippen LogP contribution is 2.38. The summed E-state index contributed by atoms with van der Waals surface area (Å²) in [6, 6.07) is 12.3. The van der Waals surface area contributed by atoms with Gasteiger partial charge in [-0.3, -0.25) is 4.79 Å². The molecule has 4 aromatic rings. The highest BCUT2D eigenvalue weighted by Gasteiger charge is 2.28. The normalized spacial score (nSPS) is 16.3. The number of hydrogen-bond acceptors (Lipinski definition) is 6. The van der Waals surface area contributed by atoms with E-state index in [4.69, 9.17) is 0 Å². The third-order valence-corrected chi connectivity index (χ3v) is 6.98. The van der Waals surface area contributed by atoms with E-state index in [0.717, 1.165) is 65.1 Å². The molecule has 1 aliphatic heterocycles. The largest absolute Gasteiger partial charge is 0.393 e. The zero-order chi connectivity index (χ0) is 23.2. The van der Waals surface area contributed by atoms with Gasteiger partial charge < -0.3 is 15.3 Å². The van der Waals surface area contributed by atoms with Gasteiger partial charge in [0, 0.05) is 54.4 Å². The summed E-state index contributed by atoms with van der Waals surface area (Å²) in [4.78, 5) is 19.8. The van der Waals surface area contributed by atoms with Crippen LogP contribution in [0.4, 0.5) is 17.2 Å². The van der Waals surface area contributed by atoms with Crippen LogP contribution in [0.2, 0.25) is 0 Å². The number of rotatable bonds is 4. The summed E-state index contributed by atoms with van der Waals surface area (Å²) in [6.45, 7) is 3.77. The first-order chi connectivity index (χ1) is 16.6.